The molecule has 0 unspecified atom stereocenters. The van der Waals surface area contributed by atoms with Gasteiger partial charge in [-0.05, 0) is 30.7 Å². The molecule has 0 bridgehead atoms. The molecule has 0 saturated carbocycles. The van der Waals surface area contributed by atoms with Gasteiger partial charge in [-0.15, -0.1) is 5.06 Å². The molecule has 0 spiro atoms. The van der Waals surface area contributed by atoms with Crippen LogP contribution in [0.15, 0.2) is 18.2 Å². The first-order chi connectivity index (χ1) is 8.49. The number of nitrogens with one attached hydrogen (secondary N) is 1. The molecule has 0 heterocycles. The van der Waals surface area contributed by atoms with Gasteiger partial charge in [0, 0.05) is 12.1 Å². The minimum atomic E-state index is -0.994. The molecule has 0 saturated heterocycles. The molecule has 98 valence electrons. The SMILES string of the molecule is CNC(=O)N(OC(=O)OC)c1ccc(Cl)c(C)c1. The van der Waals surface area contributed by atoms with Crippen molar-refractivity contribution in [3.63, 3.8) is 0 Å². The van der Waals surface area contributed by atoms with Crippen molar-refractivity contribution in [3.05, 3.63) is 28.8 Å². The Bertz CT molecular complexity index is 464. The van der Waals surface area contributed by atoms with Crippen LogP contribution in [-0.2, 0) is 9.57 Å². The molecule has 0 radical (unpaired) electrons. The summed E-state index contributed by atoms with van der Waals surface area (Å²) in [6.45, 7) is 1.77. The zero-order valence-corrected chi connectivity index (χ0v) is 10.9. The highest BCUT2D eigenvalue weighted by atomic mass is 35.5. The van der Waals surface area contributed by atoms with E-state index in [0.717, 1.165) is 17.7 Å². The standard InChI is InChI=1S/C11H13ClN2O4/c1-7-6-8(4-5-9(7)12)14(10(15)13-2)18-11(16)17-3/h4-6H,1-3H3,(H,13,15). The van der Waals surface area contributed by atoms with Crippen molar-refractivity contribution in [2.75, 3.05) is 19.2 Å². The quantitative estimate of drug-likeness (QED) is 0.630. The van der Waals surface area contributed by atoms with Crippen LogP contribution in [-0.4, -0.2) is 26.3 Å². The maximum absolute atomic E-state index is 11.6. The normalized spacial score (nSPS) is 9.56. The monoisotopic (exact) mass is 272 g/mol. The van der Waals surface area contributed by atoms with Crippen LogP contribution in [0.5, 0.6) is 0 Å². The third-order valence-corrected chi connectivity index (χ3v) is 2.53. The van der Waals surface area contributed by atoms with E-state index in [1.807, 2.05) is 0 Å². The number of nitrogens with zero attached hydrogens (tertiary/aromatic N) is 1. The van der Waals surface area contributed by atoms with Gasteiger partial charge in [0.15, 0.2) is 0 Å². The molecule has 18 heavy (non-hydrogen) atoms. The molecule has 0 fully saturated rings. The predicted molar refractivity (Wildman–Crippen MR) is 66.6 cm³/mol. The molecule has 1 N–H and O–H groups in total. The molecule has 0 aliphatic rings. The van der Waals surface area contributed by atoms with Crippen molar-refractivity contribution in [1.29, 1.82) is 0 Å². The zero-order valence-electron chi connectivity index (χ0n) is 10.2. The molecule has 7 heteroatoms. The Balaban J connectivity index is 3.05. The number of urea groups is 1. The lowest BCUT2D eigenvalue weighted by atomic mass is 10.2. The van der Waals surface area contributed by atoms with Crippen LogP contribution >= 0.6 is 11.6 Å². The highest BCUT2D eigenvalue weighted by Crippen LogP contribution is 2.23. The fourth-order valence-corrected chi connectivity index (χ4v) is 1.30. The number of halogens is 1. The van der Waals surface area contributed by atoms with E-state index >= 15 is 0 Å². The molecular formula is C11H13ClN2O4. The Kier molecular flexibility index (Phi) is 4.79. The number of benzene rings is 1. The fourth-order valence-electron chi connectivity index (χ4n) is 1.18. The number of carbonyl (C=O) groups excluding carboxylic acids is 2. The molecule has 0 aliphatic heterocycles. The Morgan fingerprint density at radius 2 is 2.06 bits per heavy atom. The van der Waals surface area contributed by atoms with Crippen molar-refractivity contribution < 1.29 is 19.2 Å². The van der Waals surface area contributed by atoms with Crippen molar-refractivity contribution >= 4 is 29.5 Å². The second-order valence-corrected chi connectivity index (χ2v) is 3.74. The highest BCUT2D eigenvalue weighted by molar-refractivity contribution is 6.31. The predicted octanol–water partition coefficient (Wildman–Crippen LogP) is 2.49. The van der Waals surface area contributed by atoms with Crippen LogP contribution in [0.3, 0.4) is 0 Å². The number of carbonyl (C=O) groups is 2. The number of rotatable bonds is 1. The molecule has 0 aliphatic carbocycles. The number of ether oxygens (including phenoxy) is 1. The van der Waals surface area contributed by atoms with Gasteiger partial charge in [0.2, 0.25) is 0 Å². The molecule has 6 nitrogen and oxygen atoms in total. The summed E-state index contributed by atoms with van der Waals surface area (Å²) in [7, 11) is 2.57. The first kappa shape index (κ1) is 14.1. The van der Waals surface area contributed by atoms with E-state index < -0.39 is 12.2 Å². The van der Waals surface area contributed by atoms with Gasteiger partial charge in [-0.1, -0.05) is 11.6 Å². The molecule has 1 aromatic rings. The van der Waals surface area contributed by atoms with Gasteiger partial charge < -0.3 is 10.1 Å². The van der Waals surface area contributed by atoms with E-state index in [1.165, 1.54) is 7.05 Å². The van der Waals surface area contributed by atoms with Crippen LogP contribution in [0.2, 0.25) is 5.02 Å². The minimum absolute atomic E-state index is 0.363. The third-order valence-electron chi connectivity index (χ3n) is 2.11. The summed E-state index contributed by atoms with van der Waals surface area (Å²) >= 11 is 5.88. The van der Waals surface area contributed by atoms with E-state index in [0.29, 0.717) is 10.7 Å². The van der Waals surface area contributed by atoms with Gasteiger partial charge in [0.05, 0.1) is 12.8 Å². The lowest BCUT2D eigenvalue weighted by Gasteiger charge is -2.20. The number of hydroxylamine groups is 1. The summed E-state index contributed by atoms with van der Waals surface area (Å²) in [5.74, 6) is 0. The van der Waals surface area contributed by atoms with Gasteiger partial charge in [-0.2, -0.15) is 0 Å². The molecule has 1 rings (SSSR count). The van der Waals surface area contributed by atoms with Crippen molar-refractivity contribution in [3.8, 4) is 0 Å². The van der Waals surface area contributed by atoms with Crippen LogP contribution in [0.4, 0.5) is 15.3 Å². The van der Waals surface area contributed by atoms with Crippen molar-refractivity contribution in [2.45, 2.75) is 6.92 Å². The number of hydrogen-bond donors (Lipinski definition) is 1. The Morgan fingerprint density at radius 3 is 2.56 bits per heavy atom. The first-order valence-corrected chi connectivity index (χ1v) is 5.41. The summed E-state index contributed by atoms with van der Waals surface area (Å²) < 4.78 is 4.34. The molecule has 1 aromatic carbocycles. The average Bonchev–Trinajstić information content (AvgIpc) is 2.38. The van der Waals surface area contributed by atoms with E-state index in [2.05, 4.69) is 10.1 Å². The van der Waals surface area contributed by atoms with Crippen LogP contribution < -0.4 is 10.4 Å². The van der Waals surface area contributed by atoms with Crippen LogP contribution in [0.25, 0.3) is 0 Å². The van der Waals surface area contributed by atoms with E-state index in [4.69, 9.17) is 16.4 Å². The molecule has 2 amide bonds. The van der Waals surface area contributed by atoms with Gasteiger partial charge in [-0.3, -0.25) is 4.84 Å². The molecule has 0 aromatic heterocycles. The summed E-state index contributed by atoms with van der Waals surface area (Å²) in [6.07, 6.45) is -0.994. The van der Waals surface area contributed by atoms with E-state index in [-0.39, 0.29) is 0 Å². The van der Waals surface area contributed by atoms with Gasteiger partial charge >= 0.3 is 12.2 Å². The highest BCUT2D eigenvalue weighted by Gasteiger charge is 2.20. The van der Waals surface area contributed by atoms with Crippen LogP contribution in [0, 0.1) is 6.92 Å². The number of methoxy groups -OCH3 is 1. The zero-order chi connectivity index (χ0) is 13.7. The topological polar surface area (TPSA) is 67.9 Å². The van der Waals surface area contributed by atoms with Gasteiger partial charge in [0.25, 0.3) is 0 Å². The third kappa shape index (κ3) is 3.27. The van der Waals surface area contributed by atoms with Crippen molar-refractivity contribution in [2.24, 2.45) is 0 Å². The second-order valence-electron chi connectivity index (χ2n) is 3.33. The average molecular weight is 273 g/mol. The number of anilines is 1. The lowest BCUT2D eigenvalue weighted by Crippen LogP contribution is -2.39. The largest absolute Gasteiger partial charge is 0.533 e. The van der Waals surface area contributed by atoms with Crippen LogP contribution in [0.1, 0.15) is 5.56 Å². The lowest BCUT2D eigenvalue weighted by molar-refractivity contribution is 0.0682. The van der Waals surface area contributed by atoms with Gasteiger partial charge in [0.1, 0.15) is 0 Å². The van der Waals surface area contributed by atoms with E-state index in [9.17, 15) is 9.59 Å². The Labute approximate surface area is 109 Å². The first-order valence-electron chi connectivity index (χ1n) is 5.03. The van der Waals surface area contributed by atoms with Gasteiger partial charge in [-0.25, -0.2) is 9.59 Å². The fraction of sp³-hybridized carbons (Fsp3) is 0.273. The Hall–Kier alpha value is -1.95. The summed E-state index contributed by atoms with van der Waals surface area (Å²) in [4.78, 5) is 27.4. The summed E-state index contributed by atoms with van der Waals surface area (Å²) in [5.41, 5.74) is 1.11. The van der Waals surface area contributed by atoms with Crippen molar-refractivity contribution in [1.82, 2.24) is 5.32 Å². The maximum atomic E-state index is 11.6. The second kappa shape index (κ2) is 6.11. The summed E-state index contributed by atoms with van der Waals surface area (Å²) in [6, 6.07) is 4.15. The number of hydrogen-bond acceptors (Lipinski definition) is 4. The summed E-state index contributed by atoms with van der Waals surface area (Å²) in [5, 5.41) is 3.68. The molecule has 0 atom stereocenters. The van der Waals surface area contributed by atoms with E-state index in [1.54, 1.807) is 25.1 Å². The number of amides is 2. The molecular weight excluding hydrogens is 260 g/mol. The smallest absolute Gasteiger partial charge is 0.436 e. The minimum Gasteiger partial charge on any atom is -0.436 e. The maximum Gasteiger partial charge on any atom is 0.533 e. The number of aryl methyl sites for hydroxylation is 1. The Morgan fingerprint density at radius 1 is 1.39 bits per heavy atom.